The predicted molar refractivity (Wildman–Crippen MR) is 87.5 cm³/mol. The first-order valence-electron chi connectivity index (χ1n) is 8.38. The molecule has 1 N–H and O–H groups in total. The smallest absolute Gasteiger partial charge is 0.251 e. The summed E-state index contributed by atoms with van der Waals surface area (Å²) >= 11 is 0. The molecule has 21 heavy (non-hydrogen) atoms. The minimum Gasteiger partial charge on any atom is -0.350 e. The van der Waals surface area contributed by atoms with Gasteiger partial charge in [0.05, 0.1) is 0 Å². The average Bonchev–Trinajstić information content (AvgIpc) is 2.54. The Morgan fingerprint density at radius 1 is 1.24 bits per heavy atom. The first-order chi connectivity index (χ1) is 10.3. The molecule has 3 nitrogen and oxygen atoms in total. The predicted octanol–water partition coefficient (Wildman–Crippen LogP) is 3.46. The molecule has 1 saturated heterocycles. The van der Waals surface area contributed by atoms with E-state index in [0.29, 0.717) is 6.04 Å². The van der Waals surface area contributed by atoms with Crippen molar-refractivity contribution in [1.82, 2.24) is 10.2 Å². The lowest BCUT2D eigenvalue weighted by atomic mass is 10.0. The number of rotatable bonds is 7. The molecule has 116 valence electrons. The van der Waals surface area contributed by atoms with E-state index in [9.17, 15) is 4.79 Å². The van der Waals surface area contributed by atoms with Crippen LogP contribution in [0.1, 0.15) is 55.8 Å². The van der Waals surface area contributed by atoms with E-state index in [4.69, 9.17) is 0 Å². The van der Waals surface area contributed by atoms with E-state index < -0.39 is 0 Å². The molecule has 0 aromatic heterocycles. The van der Waals surface area contributed by atoms with Crippen LogP contribution in [0.5, 0.6) is 0 Å². The molecule has 1 heterocycles. The highest BCUT2D eigenvalue weighted by atomic mass is 16.1. The number of hydrogen-bond acceptors (Lipinski definition) is 2. The fraction of sp³-hybridized carbons (Fsp3) is 0.611. The number of amides is 1. The van der Waals surface area contributed by atoms with Gasteiger partial charge < -0.3 is 5.32 Å². The lowest BCUT2D eigenvalue weighted by molar-refractivity contribution is 0.0912. The zero-order chi connectivity index (χ0) is 14.9. The van der Waals surface area contributed by atoms with Gasteiger partial charge in [0.2, 0.25) is 0 Å². The molecule has 1 aliphatic rings. The number of benzene rings is 1. The van der Waals surface area contributed by atoms with E-state index >= 15 is 0 Å². The summed E-state index contributed by atoms with van der Waals surface area (Å²) in [6, 6.07) is 10.0. The van der Waals surface area contributed by atoms with Gasteiger partial charge in [-0.25, -0.2) is 0 Å². The lowest BCUT2D eigenvalue weighted by Crippen LogP contribution is -2.47. The Hall–Kier alpha value is -1.35. The summed E-state index contributed by atoms with van der Waals surface area (Å²) in [5.41, 5.74) is 0.755. The Labute approximate surface area is 128 Å². The fourth-order valence-corrected chi connectivity index (χ4v) is 3.05. The van der Waals surface area contributed by atoms with Gasteiger partial charge in [-0.05, 0) is 44.5 Å². The molecule has 1 atom stereocenters. The summed E-state index contributed by atoms with van der Waals surface area (Å²) in [6.45, 7) is 5.39. The topological polar surface area (TPSA) is 32.3 Å². The summed E-state index contributed by atoms with van der Waals surface area (Å²) in [7, 11) is 0. The van der Waals surface area contributed by atoms with Gasteiger partial charge in [0.1, 0.15) is 0 Å². The van der Waals surface area contributed by atoms with Crippen LogP contribution in [0.15, 0.2) is 30.3 Å². The molecular weight excluding hydrogens is 260 g/mol. The Morgan fingerprint density at radius 2 is 2.05 bits per heavy atom. The number of piperidine rings is 1. The van der Waals surface area contributed by atoms with Crippen LogP contribution in [-0.4, -0.2) is 36.5 Å². The molecule has 1 aromatic rings. The average molecular weight is 288 g/mol. The Kier molecular flexibility index (Phi) is 6.74. The highest BCUT2D eigenvalue weighted by molar-refractivity contribution is 5.94. The number of nitrogens with zero attached hydrogens (tertiary/aromatic N) is 1. The van der Waals surface area contributed by atoms with Crippen molar-refractivity contribution >= 4 is 5.91 Å². The van der Waals surface area contributed by atoms with Crippen molar-refractivity contribution in [2.75, 3.05) is 19.6 Å². The van der Waals surface area contributed by atoms with Gasteiger partial charge in [-0.3, -0.25) is 9.69 Å². The standard InChI is InChI=1S/C18H28N2O/c1-2-3-8-13-20-14-9-7-12-17(20)15-19-18(21)16-10-5-4-6-11-16/h4-6,10-11,17H,2-3,7-9,12-15H2,1H3,(H,19,21). The zero-order valence-electron chi connectivity index (χ0n) is 13.2. The lowest BCUT2D eigenvalue weighted by Gasteiger charge is -2.35. The number of likely N-dealkylation sites (tertiary alicyclic amines) is 1. The van der Waals surface area contributed by atoms with Crippen LogP contribution in [0.2, 0.25) is 0 Å². The Morgan fingerprint density at radius 3 is 2.81 bits per heavy atom. The van der Waals surface area contributed by atoms with E-state index in [2.05, 4.69) is 17.1 Å². The summed E-state index contributed by atoms with van der Waals surface area (Å²) in [6.07, 6.45) is 7.65. The van der Waals surface area contributed by atoms with Gasteiger partial charge in [0.15, 0.2) is 0 Å². The van der Waals surface area contributed by atoms with Gasteiger partial charge >= 0.3 is 0 Å². The second kappa shape index (κ2) is 8.83. The minimum atomic E-state index is 0.0506. The zero-order valence-corrected chi connectivity index (χ0v) is 13.2. The second-order valence-corrected chi connectivity index (χ2v) is 5.97. The molecule has 1 unspecified atom stereocenters. The number of nitrogens with one attached hydrogen (secondary N) is 1. The van der Waals surface area contributed by atoms with Crippen LogP contribution in [0.3, 0.4) is 0 Å². The molecule has 0 aliphatic carbocycles. The summed E-state index contributed by atoms with van der Waals surface area (Å²) < 4.78 is 0. The van der Waals surface area contributed by atoms with Crippen molar-refractivity contribution < 1.29 is 4.79 Å². The van der Waals surface area contributed by atoms with Crippen LogP contribution in [0, 0.1) is 0 Å². The second-order valence-electron chi connectivity index (χ2n) is 5.97. The van der Waals surface area contributed by atoms with Crippen LogP contribution >= 0.6 is 0 Å². The van der Waals surface area contributed by atoms with Crippen molar-refractivity contribution in [3.63, 3.8) is 0 Å². The van der Waals surface area contributed by atoms with Crippen molar-refractivity contribution in [1.29, 1.82) is 0 Å². The van der Waals surface area contributed by atoms with Gasteiger partial charge in [0, 0.05) is 18.2 Å². The highest BCUT2D eigenvalue weighted by Crippen LogP contribution is 2.17. The quantitative estimate of drug-likeness (QED) is 0.779. The molecule has 1 amide bonds. The van der Waals surface area contributed by atoms with Crippen LogP contribution in [0.25, 0.3) is 0 Å². The molecule has 2 rings (SSSR count). The third kappa shape index (κ3) is 5.16. The first kappa shape index (κ1) is 16.0. The molecule has 1 aliphatic heterocycles. The van der Waals surface area contributed by atoms with E-state index in [-0.39, 0.29) is 5.91 Å². The maximum absolute atomic E-state index is 12.1. The third-order valence-corrected chi connectivity index (χ3v) is 4.33. The summed E-state index contributed by atoms with van der Waals surface area (Å²) in [4.78, 5) is 14.7. The van der Waals surface area contributed by atoms with Crippen molar-refractivity contribution in [2.24, 2.45) is 0 Å². The maximum atomic E-state index is 12.1. The van der Waals surface area contributed by atoms with Crippen LogP contribution in [-0.2, 0) is 0 Å². The maximum Gasteiger partial charge on any atom is 0.251 e. The van der Waals surface area contributed by atoms with E-state index in [0.717, 1.165) is 12.1 Å². The molecule has 3 heteroatoms. The normalized spacial score (nSPS) is 19.4. The van der Waals surface area contributed by atoms with Crippen molar-refractivity contribution in [3.05, 3.63) is 35.9 Å². The monoisotopic (exact) mass is 288 g/mol. The van der Waals surface area contributed by atoms with Crippen molar-refractivity contribution in [2.45, 2.75) is 51.5 Å². The highest BCUT2D eigenvalue weighted by Gasteiger charge is 2.22. The third-order valence-electron chi connectivity index (χ3n) is 4.33. The molecule has 1 fully saturated rings. The SMILES string of the molecule is CCCCCN1CCCCC1CNC(=O)c1ccccc1. The van der Waals surface area contributed by atoms with Crippen molar-refractivity contribution in [3.8, 4) is 0 Å². The van der Waals surface area contributed by atoms with Gasteiger partial charge in [0.25, 0.3) is 5.91 Å². The van der Waals surface area contributed by atoms with E-state index in [1.807, 2.05) is 30.3 Å². The van der Waals surface area contributed by atoms with Crippen LogP contribution in [0.4, 0.5) is 0 Å². The minimum absolute atomic E-state index is 0.0506. The van der Waals surface area contributed by atoms with Gasteiger partial charge in [-0.1, -0.05) is 44.4 Å². The van der Waals surface area contributed by atoms with Gasteiger partial charge in [-0.15, -0.1) is 0 Å². The van der Waals surface area contributed by atoms with Crippen LogP contribution < -0.4 is 5.32 Å². The summed E-state index contributed by atoms with van der Waals surface area (Å²) in [5.74, 6) is 0.0506. The molecular formula is C18H28N2O. The molecule has 0 spiro atoms. The van der Waals surface area contributed by atoms with E-state index in [1.165, 1.54) is 51.6 Å². The molecule has 0 saturated carbocycles. The molecule has 1 aromatic carbocycles. The molecule has 0 radical (unpaired) electrons. The number of hydrogen-bond donors (Lipinski definition) is 1. The number of carbonyl (C=O) groups excluding carboxylic acids is 1. The number of carbonyl (C=O) groups is 1. The Bertz CT molecular complexity index is 418. The molecule has 0 bridgehead atoms. The number of unbranched alkanes of at least 4 members (excludes halogenated alkanes) is 2. The largest absolute Gasteiger partial charge is 0.350 e. The Balaban J connectivity index is 1.80. The van der Waals surface area contributed by atoms with E-state index in [1.54, 1.807) is 0 Å². The summed E-state index contributed by atoms with van der Waals surface area (Å²) in [5, 5.41) is 3.11. The first-order valence-corrected chi connectivity index (χ1v) is 8.38. The fourth-order valence-electron chi connectivity index (χ4n) is 3.05. The van der Waals surface area contributed by atoms with Gasteiger partial charge in [-0.2, -0.15) is 0 Å².